The van der Waals surface area contributed by atoms with E-state index >= 15 is 0 Å². The van der Waals surface area contributed by atoms with Gasteiger partial charge in [0.1, 0.15) is 0 Å². The maximum Gasteiger partial charge on any atom is 0.373 e. The Morgan fingerprint density at radius 1 is 1.37 bits per heavy atom. The van der Waals surface area contributed by atoms with Crippen LogP contribution in [0.1, 0.15) is 33.6 Å². The van der Waals surface area contributed by atoms with Crippen LogP contribution in [0.2, 0.25) is 0 Å². The monoisotopic (exact) mass is 269 g/mol. The first-order valence-electron chi connectivity index (χ1n) is 6.67. The van der Waals surface area contributed by atoms with Gasteiger partial charge in [0, 0.05) is 6.04 Å². The Balaban J connectivity index is 0.000000550. The first kappa shape index (κ1) is 15.9. The van der Waals surface area contributed by atoms with E-state index in [-0.39, 0.29) is 12.7 Å². The molecule has 3 rings (SSSR count). The zero-order valence-electron chi connectivity index (χ0n) is 12.0. The van der Waals surface area contributed by atoms with Gasteiger partial charge in [-0.05, 0) is 43.1 Å². The SMILES string of the molecule is C[C@@H]1C2C[C@@H](C[C@H]1N(C)CC(=O)O)C2(C)C.O=C=O. The number of carbonyl (C=O) groups is 1. The second-order valence-electron chi connectivity index (χ2n) is 6.41. The first-order chi connectivity index (χ1) is 8.75. The molecule has 0 aromatic heterocycles. The lowest BCUT2D eigenvalue weighted by atomic mass is 9.44. The van der Waals surface area contributed by atoms with Crippen LogP contribution in [0.4, 0.5) is 0 Å². The summed E-state index contributed by atoms with van der Waals surface area (Å²) in [6.45, 7) is 7.21. The van der Waals surface area contributed by atoms with Gasteiger partial charge in [-0.2, -0.15) is 9.59 Å². The number of carbonyl (C=O) groups excluding carboxylic acids is 2. The number of aliphatic carboxylic acids is 1. The Kier molecular flexibility index (Phi) is 4.88. The number of likely N-dealkylation sites (N-methyl/N-ethyl adjacent to an activating group) is 1. The Morgan fingerprint density at radius 2 is 1.89 bits per heavy atom. The fourth-order valence-electron chi connectivity index (χ4n) is 4.03. The van der Waals surface area contributed by atoms with E-state index in [1.54, 1.807) is 0 Å². The fraction of sp³-hybridized carbons (Fsp3) is 0.857. The quantitative estimate of drug-likeness (QED) is 0.840. The van der Waals surface area contributed by atoms with Crippen molar-refractivity contribution in [2.45, 2.75) is 39.7 Å². The lowest BCUT2D eigenvalue weighted by Crippen LogP contribution is -2.60. The van der Waals surface area contributed by atoms with Crippen molar-refractivity contribution in [1.82, 2.24) is 4.90 Å². The minimum absolute atomic E-state index is 0.175. The molecule has 0 amide bonds. The Hall–Kier alpha value is -1.19. The molecule has 5 nitrogen and oxygen atoms in total. The molecular formula is C14H23NO4. The van der Waals surface area contributed by atoms with Gasteiger partial charge in [0.15, 0.2) is 0 Å². The minimum Gasteiger partial charge on any atom is -0.480 e. The zero-order chi connectivity index (χ0) is 14.8. The molecule has 1 N–H and O–H groups in total. The summed E-state index contributed by atoms with van der Waals surface area (Å²) in [4.78, 5) is 29.0. The van der Waals surface area contributed by atoms with Crippen molar-refractivity contribution in [3.05, 3.63) is 0 Å². The summed E-state index contributed by atoms with van der Waals surface area (Å²) in [5.41, 5.74) is 0.486. The summed E-state index contributed by atoms with van der Waals surface area (Å²) in [5.74, 6) is 1.50. The highest BCUT2D eigenvalue weighted by Crippen LogP contribution is 2.61. The maximum atomic E-state index is 10.7. The Labute approximate surface area is 114 Å². The van der Waals surface area contributed by atoms with Crippen LogP contribution in [0.15, 0.2) is 0 Å². The molecule has 3 aliphatic carbocycles. The van der Waals surface area contributed by atoms with Gasteiger partial charge < -0.3 is 5.11 Å². The van der Waals surface area contributed by atoms with Crippen LogP contribution in [0, 0.1) is 23.2 Å². The number of carboxylic acids is 1. The van der Waals surface area contributed by atoms with Crippen LogP contribution in [0.5, 0.6) is 0 Å². The summed E-state index contributed by atoms with van der Waals surface area (Å²) < 4.78 is 0. The van der Waals surface area contributed by atoms with Crippen molar-refractivity contribution >= 4 is 12.1 Å². The van der Waals surface area contributed by atoms with Crippen LogP contribution in [-0.4, -0.2) is 41.8 Å². The van der Waals surface area contributed by atoms with E-state index in [0.717, 1.165) is 11.8 Å². The molecule has 19 heavy (non-hydrogen) atoms. The number of carboxylic acid groups (broad SMARTS) is 1. The van der Waals surface area contributed by atoms with Crippen molar-refractivity contribution in [3.63, 3.8) is 0 Å². The number of hydrogen-bond acceptors (Lipinski definition) is 4. The van der Waals surface area contributed by atoms with Gasteiger partial charge in [-0.1, -0.05) is 20.8 Å². The predicted octanol–water partition coefficient (Wildman–Crippen LogP) is 1.49. The topological polar surface area (TPSA) is 74.7 Å². The van der Waals surface area contributed by atoms with Gasteiger partial charge in [-0.25, -0.2) is 0 Å². The van der Waals surface area contributed by atoms with E-state index in [1.165, 1.54) is 12.8 Å². The molecule has 0 saturated heterocycles. The zero-order valence-corrected chi connectivity index (χ0v) is 12.0. The predicted molar refractivity (Wildman–Crippen MR) is 68.2 cm³/mol. The number of nitrogens with zero attached hydrogens (tertiary/aromatic N) is 1. The second-order valence-corrected chi connectivity index (χ2v) is 6.41. The average molecular weight is 269 g/mol. The normalized spacial score (nSPS) is 34.6. The van der Waals surface area contributed by atoms with Crippen molar-refractivity contribution < 1.29 is 19.5 Å². The van der Waals surface area contributed by atoms with Crippen LogP contribution in [0.3, 0.4) is 0 Å². The molecule has 0 spiro atoms. The summed E-state index contributed by atoms with van der Waals surface area (Å²) >= 11 is 0. The van der Waals surface area contributed by atoms with Gasteiger partial charge in [-0.3, -0.25) is 9.69 Å². The van der Waals surface area contributed by atoms with Crippen molar-refractivity contribution in [3.8, 4) is 0 Å². The summed E-state index contributed by atoms with van der Waals surface area (Å²) in [6.07, 6.45) is 2.78. The summed E-state index contributed by atoms with van der Waals surface area (Å²) in [5, 5.41) is 8.84. The number of fused-ring (bicyclic) bond motifs is 2. The molecule has 108 valence electrons. The Morgan fingerprint density at radius 3 is 2.26 bits per heavy atom. The average Bonchev–Trinajstić information content (AvgIpc) is 2.28. The molecular weight excluding hydrogens is 246 g/mol. The van der Waals surface area contributed by atoms with Gasteiger partial charge in [-0.15, -0.1) is 0 Å². The van der Waals surface area contributed by atoms with Crippen molar-refractivity contribution in [2.75, 3.05) is 13.6 Å². The molecule has 2 bridgehead atoms. The van der Waals surface area contributed by atoms with Gasteiger partial charge >= 0.3 is 12.1 Å². The molecule has 0 radical (unpaired) electrons. The largest absolute Gasteiger partial charge is 0.480 e. The van der Waals surface area contributed by atoms with E-state index in [2.05, 4.69) is 20.8 Å². The highest BCUT2D eigenvalue weighted by molar-refractivity contribution is 5.69. The molecule has 4 atom stereocenters. The lowest BCUT2D eigenvalue weighted by molar-refractivity contribution is -0.191. The molecule has 3 aliphatic rings. The van der Waals surface area contributed by atoms with E-state index in [1.807, 2.05) is 11.9 Å². The number of hydrogen-bond donors (Lipinski definition) is 1. The van der Waals surface area contributed by atoms with Crippen LogP contribution >= 0.6 is 0 Å². The highest BCUT2D eigenvalue weighted by Gasteiger charge is 2.56. The highest BCUT2D eigenvalue weighted by atomic mass is 16.4. The molecule has 1 unspecified atom stereocenters. The van der Waals surface area contributed by atoms with E-state index in [9.17, 15) is 4.79 Å². The van der Waals surface area contributed by atoms with Crippen LogP contribution in [0.25, 0.3) is 0 Å². The smallest absolute Gasteiger partial charge is 0.373 e. The van der Waals surface area contributed by atoms with E-state index in [4.69, 9.17) is 14.7 Å². The molecule has 5 heteroatoms. The van der Waals surface area contributed by atoms with Gasteiger partial charge in [0.25, 0.3) is 0 Å². The van der Waals surface area contributed by atoms with E-state index < -0.39 is 5.97 Å². The van der Waals surface area contributed by atoms with Gasteiger partial charge in [0.2, 0.25) is 0 Å². The molecule has 0 aromatic rings. The van der Waals surface area contributed by atoms with Crippen molar-refractivity contribution in [2.24, 2.45) is 23.2 Å². The summed E-state index contributed by atoms with van der Waals surface area (Å²) in [6, 6.07) is 0.466. The standard InChI is InChI=1S/C13H23NO2.CO2/c1-8-10-5-9(13(10,2)3)6-11(8)14(4)7-12(15)16;2-1-3/h8-11H,5-7H2,1-4H3,(H,15,16);/t8-,9+,10?,11-;/m1./s1. The minimum atomic E-state index is -0.715. The maximum absolute atomic E-state index is 10.7. The molecule has 0 heterocycles. The van der Waals surface area contributed by atoms with Crippen LogP contribution in [-0.2, 0) is 14.4 Å². The first-order valence-corrected chi connectivity index (χ1v) is 6.67. The molecule has 0 aromatic carbocycles. The Bertz CT molecular complexity index is 374. The third-order valence-corrected chi connectivity index (χ3v) is 5.26. The third-order valence-electron chi connectivity index (χ3n) is 5.26. The second kappa shape index (κ2) is 5.85. The number of rotatable bonds is 3. The van der Waals surface area contributed by atoms with E-state index in [0.29, 0.717) is 17.4 Å². The lowest BCUT2D eigenvalue weighted by Gasteiger charge is -2.63. The summed E-state index contributed by atoms with van der Waals surface area (Å²) in [7, 11) is 1.95. The fourth-order valence-corrected chi connectivity index (χ4v) is 4.03. The third kappa shape index (κ3) is 3.04. The molecule has 3 saturated carbocycles. The van der Waals surface area contributed by atoms with Crippen molar-refractivity contribution in [1.29, 1.82) is 0 Å². The van der Waals surface area contributed by atoms with Crippen LogP contribution < -0.4 is 0 Å². The molecule has 3 fully saturated rings. The van der Waals surface area contributed by atoms with Gasteiger partial charge in [0.05, 0.1) is 6.54 Å². The molecule has 0 aliphatic heterocycles.